The molecule has 0 radical (unpaired) electrons. The molecule has 0 spiro atoms. The van der Waals surface area contributed by atoms with Crippen molar-refractivity contribution in [1.82, 2.24) is 5.32 Å². The Morgan fingerprint density at radius 2 is 1.65 bits per heavy atom. The smallest absolute Gasteiger partial charge is 0.171 e. The van der Waals surface area contributed by atoms with Gasteiger partial charge >= 0.3 is 0 Å². The van der Waals surface area contributed by atoms with Crippen molar-refractivity contribution in [2.75, 3.05) is 19.0 Å². The van der Waals surface area contributed by atoms with Crippen LogP contribution in [-0.4, -0.2) is 31.0 Å². The van der Waals surface area contributed by atoms with E-state index in [4.69, 9.17) is 26.4 Å². The first-order valence-electron chi connectivity index (χ1n) is 8.58. The van der Waals surface area contributed by atoms with E-state index < -0.39 is 0 Å². The van der Waals surface area contributed by atoms with Crippen molar-refractivity contribution in [3.05, 3.63) is 48.5 Å². The summed E-state index contributed by atoms with van der Waals surface area (Å²) < 4.78 is 16.7. The molecule has 5 nitrogen and oxygen atoms in total. The highest BCUT2D eigenvalue weighted by Crippen LogP contribution is 2.25. The van der Waals surface area contributed by atoms with Gasteiger partial charge in [-0.15, -0.1) is 0 Å². The van der Waals surface area contributed by atoms with Gasteiger partial charge in [0, 0.05) is 5.69 Å². The Labute approximate surface area is 160 Å². The third-order valence-corrected chi connectivity index (χ3v) is 3.64. The van der Waals surface area contributed by atoms with Crippen molar-refractivity contribution in [3.8, 4) is 17.2 Å². The number of nitrogens with one attached hydrogen (secondary N) is 2. The number of methoxy groups -OCH3 is 1. The van der Waals surface area contributed by atoms with Gasteiger partial charge in [-0.3, -0.25) is 0 Å². The summed E-state index contributed by atoms with van der Waals surface area (Å²) in [6.45, 7) is 6.46. The average Bonchev–Trinajstić information content (AvgIpc) is 2.61. The number of rotatable bonds is 8. The quantitative estimate of drug-likeness (QED) is 0.674. The minimum Gasteiger partial charge on any atom is -0.493 e. The first-order valence-corrected chi connectivity index (χ1v) is 8.99. The lowest BCUT2D eigenvalue weighted by Gasteiger charge is -2.18. The molecule has 0 unspecified atom stereocenters. The van der Waals surface area contributed by atoms with E-state index in [2.05, 4.69) is 10.6 Å². The van der Waals surface area contributed by atoms with Crippen LogP contribution in [0.15, 0.2) is 48.5 Å². The van der Waals surface area contributed by atoms with E-state index in [0.29, 0.717) is 23.2 Å². The highest BCUT2D eigenvalue weighted by molar-refractivity contribution is 7.80. The van der Waals surface area contributed by atoms with Crippen LogP contribution in [0.4, 0.5) is 5.69 Å². The topological polar surface area (TPSA) is 51.8 Å². The van der Waals surface area contributed by atoms with Gasteiger partial charge in [0.1, 0.15) is 12.4 Å². The summed E-state index contributed by atoms with van der Waals surface area (Å²) >= 11 is 5.36. The van der Waals surface area contributed by atoms with E-state index in [0.717, 1.165) is 11.4 Å². The van der Waals surface area contributed by atoms with E-state index in [1.807, 2.05) is 69.3 Å². The van der Waals surface area contributed by atoms with Gasteiger partial charge in [0.05, 0.1) is 19.3 Å². The zero-order valence-electron chi connectivity index (χ0n) is 15.6. The molecule has 0 aliphatic rings. The van der Waals surface area contributed by atoms with Crippen LogP contribution in [0.5, 0.6) is 17.2 Å². The van der Waals surface area contributed by atoms with Crippen molar-refractivity contribution < 1.29 is 14.2 Å². The van der Waals surface area contributed by atoms with Gasteiger partial charge in [-0.05, 0) is 69.4 Å². The second-order valence-electron chi connectivity index (χ2n) is 6.15. The molecule has 6 heteroatoms. The average molecular weight is 375 g/mol. The van der Waals surface area contributed by atoms with Gasteiger partial charge in [-0.1, -0.05) is 12.1 Å². The van der Waals surface area contributed by atoms with Crippen molar-refractivity contribution in [2.45, 2.75) is 32.9 Å². The predicted molar refractivity (Wildman–Crippen MR) is 110 cm³/mol. The molecule has 2 N–H and O–H groups in total. The number of para-hydroxylation sites is 2. The molecule has 0 saturated heterocycles. The van der Waals surface area contributed by atoms with E-state index in [9.17, 15) is 0 Å². The predicted octanol–water partition coefficient (Wildman–Crippen LogP) is 4.24. The second-order valence-corrected chi connectivity index (χ2v) is 6.56. The molecule has 0 aliphatic carbocycles. The SMILES string of the molecule is COc1ccccc1OC[C@@H](C)NC(=S)Nc1ccc(OC(C)C)cc1. The monoisotopic (exact) mass is 374 g/mol. The molecule has 26 heavy (non-hydrogen) atoms. The third-order valence-electron chi connectivity index (χ3n) is 3.42. The number of ether oxygens (including phenoxy) is 3. The molecule has 0 aliphatic heterocycles. The molecule has 2 aromatic carbocycles. The molecule has 2 aromatic rings. The van der Waals surface area contributed by atoms with E-state index >= 15 is 0 Å². The maximum absolute atomic E-state index is 5.80. The molecule has 2 rings (SSSR count). The Morgan fingerprint density at radius 1 is 1.00 bits per heavy atom. The Hall–Kier alpha value is -2.47. The van der Waals surface area contributed by atoms with Crippen LogP contribution >= 0.6 is 12.2 Å². The highest BCUT2D eigenvalue weighted by Gasteiger charge is 2.08. The molecule has 140 valence electrons. The molecular formula is C20H26N2O3S. The van der Waals surface area contributed by atoms with E-state index in [1.54, 1.807) is 7.11 Å². The number of anilines is 1. The van der Waals surface area contributed by atoms with Gasteiger partial charge in [0.2, 0.25) is 0 Å². The Bertz CT molecular complexity index is 704. The lowest BCUT2D eigenvalue weighted by molar-refractivity contribution is 0.242. The van der Waals surface area contributed by atoms with Gasteiger partial charge in [-0.2, -0.15) is 0 Å². The van der Waals surface area contributed by atoms with Gasteiger partial charge < -0.3 is 24.8 Å². The summed E-state index contributed by atoms with van der Waals surface area (Å²) in [5.74, 6) is 2.26. The number of hydrogen-bond acceptors (Lipinski definition) is 4. The van der Waals surface area contributed by atoms with Crippen LogP contribution in [-0.2, 0) is 0 Å². The number of benzene rings is 2. The van der Waals surface area contributed by atoms with Crippen LogP contribution in [0.25, 0.3) is 0 Å². The number of thiocarbonyl (C=S) groups is 1. The minimum absolute atomic E-state index is 0.0310. The summed E-state index contributed by atoms with van der Waals surface area (Å²) in [6, 6.07) is 15.3. The van der Waals surface area contributed by atoms with Gasteiger partial charge in [0.15, 0.2) is 16.6 Å². The Kier molecular flexibility index (Phi) is 7.53. The molecule has 0 heterocycles. The fourth-order valence-corrected chi connectivity index (χ4v) is 2.59. The fourth-order valence-electron chi connectivity index (χ4n) is 2.27. The normalized spacial score (nSPS) is 11.6. The first kappa shape index (κ1) is 19.8. The Morgan fingerprint density at radius 3 is 2.27 bits per heavy atom. The molecule has 0 bridgehead atoms. The van der Waals surface area contributed by atoms with Crippen molar-refractivity contribution in [1.29, 1.82) is 0 Å². The summed E-state index contributed by atoms with van der Waals surface area (Å²) in [6.07, 6.45) is 0.153. The van der Waals surface area contributed by atoms with Crippen molar-refractivity contribution >= 4 is 23.0 Å². The fraction of sp³-hybridized carbons (Fsp3) is 0.350. The number of hydrogen-bond donors (Lipinski definition) is 2. The summed E-state index contributed by atoms with van der Waals surface area (Å²) in [5, 5.41) is 6.91. The molecular weight excluding hydrogens is 348 g/mol. The second kappa shape index (κ2) is 9.87. The zero-order chi connectivity index (χ0) is 18.9. The third kappa shape index (κ3) is 6.44. The molecule has 0 fully saturated rings. The summed E-state index contributed by atoms with van der Waals surface area (Å²) in [5.41, 5.74) is 0.899. The highest BCUT2D eigenvalue weighted by atomic mass is 32.1. The van der Waals surface area contributed by atoms with Crippen molar-refractivity contribution in [2.24, 2.45) is 0 Å². The lowest BCUT2D eigenvalue weighted by atomic mass is 10.3. The van der Waals surface area contributed by atoms with E-state index in [-0.39, 0.29) is 12.1 Å². The molecule has 0 aromatic heterocycles. The largest absolute Gasteiger partial charge is 0.493 e. The van der Waals surface area contributed by atoms with Crippen LogP contribution < -0.4 is 24.8 Å². The maximum atomic E-state index is 5.80. The molecule has 0 amide bonds. The van der Waals surface area contributed by atoms with Crippen LogP contribution in [0, 0.1) is 0 Å². The zero-order valence-corrected chi connectivity index (χ0v) is 16.4. The van der Waals surface area contributed by atoms with Crippen LogP contribution in [0.3, 0.4) is 0 Å². The van der Waals surface area contributed by atoms with E-state index in [1.165, 1.54) is 0 Å². The van der Waals surface area contributed by atoms with Crippen LogP contribution in [0.1, 0.15) is 20.8 Å². The Balaban J connectivity index is 1.79. The lowest BCUT2D eigenvalue weighted by Crippen LogP contribution is -2.39. The van der Waals surface area contributed by atoms with Crippen LogP contribution in [0.2, 0.25) is 0 Å². The summed E-state index contributed by atoms with van der Waals surface area (Å²) in [7, 11) is 1.63. The standard InChI is InChI=1S/C20H26N2O3S/c1-14(2)25-17-11-9-16(10-12-17)22-20(26)21-15(3)13-24-19-8-6-5-7-18(19)23-4/h5-12,14-15H,13H2,1-4H3,(H2,21,22,26)/t15-/m1/s1. The molecule has 0 saturated carbocycles. The first-order chi connectivity index (χ1) is 12.5. The molecule has 1 atom stereocenters. The summed E-state index contributed by atoms with van der Waals surface area (Å²) in [4.78, 5) is 0. The van der Waals surface area contributed by atoms with Gasteiger partial charge in [0.25, 0.3) is 0 Å². The minimum atomic E-state index is 0.0310. The van der Waals surface area contributed by atoms with Crippen molar-refractivity contribution in [3.63, 3.8) is 0 Å². The van der Waals surface area contributed by atoms with Gasteiger partial charge in [-0.25, -0.2) is 0 Å². The maximum Gasteiger partial charge on any atom is 0.171 e.